The van der Waals surface area contributed by atoms with Gasteiger partial charge in [-0.2, -0.15) is 0 Å². The van der Waals surface area contributed by atoms with Gasteiger partial charge in [0.2, 0.25) is 0 Å². The molecule has 6 heteroatoms. The molecule has 4 aromatic rings. The van der Waals surface area contributed by atoms with Crippen molar-refractivity contribution in [1.29, 1.82) is 0 Å². The summed E-state index contributed by atoms with van der Waals surface area (Å²) in [5.74, 6) is 2.02. The van der Waals surface area contributed by atoms with Crippen LogP contribution < -0.4 is 4.74 Å². The molecule has 1 amide bonds. The number of benzene rings is 2. The molecule has 2 aromatic carbocycles. The van der Waals surface area contributed by atoms with Gasteiger partial charge in [0.15, 0.2) is 5.65 Å². The van der Waals surface area contributed by atoms with Crippen molar-refractivity contribution < 1.29 is 9.53 Å². The smallest absolute Gasteiger partial charge is 0.253 e. The van der Waals surface area contributed by atoms with Gasteiger partial charge in [-0.3, -0.25) is 9.20 Å². The van der Waals surface area contributed by atoms with E-state index in [0.717, 1.165) is 42.2 Å². The molecule has 1 unspecified atom stereocenters. The first-order valence-corrected chi connectivity index (χ1v) is 10.6. The highest BCUT2D eigenvalue weighted by Crippen LogP contribution is 2.27. The quantitative estimate of drug-likeness (QED) is 0.490. The van der Waals surface area contributed by atoms with Gasteiger partial charge >= 0.3 is 0 Å². The molecule has 1 saturated heterocycles. The molecule has 2 aromatic heterocycles. The maximum absolute atomic E-state index is 13.1. The minimum absolute atomic E-state index is 0.0639. The molecule has 0 bridgehead atoms. The van der Waals surface area contributed by atoms with Gasteiger partial charge in [-0.05, 0) is 54.8 Å². The summed E-state index contributed by atoms with van der Waals surface area (Å²) in [6.45, 7) is 1.91. The van der Waals surface area contributed by atoms with Crippen molar-refractivity contribution in [1.82, 2.24) is 19.5 Å². The van der Waals surface area contributed by atoms with Crippen LogP contribution in [0.4, 0.5) is 0 Å². The van der Waals surface area contributed by atoms with E-state index in [4.69, 9.17) is 4.74 Å². The maximum atomic E-state index is 13.1. The zero-order chi connectivity index (χ0) is 21.0. The number of aromatic nitrogens is 3. The Labute approximate surface area is 181 Å². The number of hydrogen-bond donors (Lipinski definition) is 0. The summed E-state index contributed by atoms with van der Waals surface area (Å²) in [6.07, 6.45) is 3.96. The molecule has 0 aliphatic carbocycles. The van der Waals surface area contributed by atoms with E-state index < -0.39 is 0 Å². The number of rotatable bonds is 5. The van der Waals surface area contributed by atoms with Crippen LogP contribution in [0.5, 0.6) is 5.75 Å². The Bertz CT molecular complexity index is 1170. The van der Waals surface area contributed by atoms with Crippen LogP contribution in [0.15, 0.2) is 79.0 Å². The van der Waals surface area contributed by atoms with Gasteiger partial charge in [0.1, 0.15) is 18.2 Å². The van der Waals surface area contributed by atoms with Gasteiger partial charge in [0.05, 0.1) is 0 Å². The third kappa shape index (κ3) is 4.14. The highest BCUT2D eigenvalue weighted by Gasteiger charge is 2.28. The Hall–Kier alpha value is -3.67. The molecular weight excluding hydrogens is 388 g/mol. The van der Waals surface area contributed by atoms with Crippen molar-refractivity contribution in [3.8, 4) is 5.75 Å². The van der Waals surface area contributed by atoms with Crippen LogP contribution in [-0.4, -0.2) is 38.5 Å². The van der Waals surface area contributed by atoms with Crippen LogP contribution in [0.25, 0.3) is 5.65 Å². The molecule has 0 N–H and O–H groups in total. The zero-order valence-electron chi connectivity index (χ0n) is 17.2. The molecule has 6 nitrogen and oxygen atoms in total. The minimum atomic E-state index is 0.0639. The van der Waals surface area contributed by atoms with Gasteiger partial charge < -0.3 is 9.64 Å². The Morgan fingerprint density at radius 1 is 0.968 bits per heavy atom. The largest absolute Gasteiger partial charge is 0.489 e. The molecule has 3 heterocycles. The first-order chi connectivity index (χ1) is 15.3. The summed E-state index contributed by atoms with van der Waals surface area (Å²) in [6, 6.07) is 23.3. The summed E-state index contributed by atoms with van der Waals surface area (Å²) in [4.78, 5) is 15.1. The molecule has 5 rings (SSSR count). The highest BCUT2D eigenvalue weighted by molar-refractivity contribution is 5.94. The molecule has 156 valence electrons. The topological polar surface area (TPSA) is 59.7 Å². The van der Waals surface area contributed by atoms with Crippen LogP contribution in [-0.2, 0) is 6.61 Å². The molecule has 1 fully saturated rings. The van der Waals surface area contributed by atoms with E-state index in [2.05, 4.69) is 10.2 Å². The standard InChI is InChI=1S/C25H24N4O2/c30-25(20-13-11-19(12-14-20)18-31-22-8-2-1-3-9-22)28-15-6-7-21(17-28)24-27-26-23-10-4-5-16-29(23)24/h1-5,8-14,16,21H,6-7,15,17-18H2. The SMILES string of the molecule is O=C(c1ccc(COc2ccccc2)cc1)N1CCCC(c2nnc3ccccn23)C1. The number of nitrogens with zero attached hydrogens (tertiary/aromatic N) is 4. The van der Waals surface area contributed by atoms with E-state index >= 15 is 0 Å². The van der Waals surface area contributed by atoms with Crippen LogP contribution in [0.2, 0.25) is 0 Å². The second-order valence-electron chi connectivity index (χ2n) is 7.88. The highest BCUT2D eigenvalue weighted by atomic mass is 16.5. The minimum Gasteiger partial charge on any atom is -0.489 e. The second kappa shape index (κ2) is 8.60. The third-order valence-electron chi connectivity index (χ3n) is 5.76. The predicted octanol–water partition coefficient (Wildman–Crippen LogP) is 4.33. The average molecular weight is 412 g/mol. The summed E-state index contributed by atoms with van der Waals surface area (Å²) < 4.78 is 7.82. The number of piperidine rings is 1. The predicted molar refractivity (Wildman–Crippen MR) is 118 cm³/mol. The first-order valence-electron chi connectivity index (χ1n) is 10.6. The van der Waals surface area contributed by atoms with E-state index in [9.17, 15) is 4.79 Å². The Morgan fingerprint density at radius 2 is 1.77 bits per heavy atom. The fraction of sp³-hybridized carbons (Fsp3) is 0.240. The van der Waals surface area contributed by atoms with Gasteiger partial charge in [-0.15, -0.1) is 10.2 Å². The van der Waals surface area contributed by atoms with E-state index in [1.54, 1.807) is 0 Å². The van der Waals surface area contributed by atoms with Crippen LogP contribution in [0.3, 0.4) is 0 Å². The van der Waals surface area contributed by atoms with Crippen LogP contribution in [0.1, 0.15) is 40.5 Å². The van der Waals surface area contributed by atoms with Crippen LogP contribution >= 0.6 is 0 Å². The molecule has 31 heavy (non-hydrogen) atoms. The lowest BCUT2D eigenvalue weighted by atomic mass is 9.96. The Kier molecular flexibility index (Phi) is 5.35. The van der Waals surface area contributed by atoms with Gasteiger partial charge in [-0.25, -0.2) is 0 Å². The summed E-state index contributed by atoms with van der Waals surface area (Å²) >= 11 is 0. The lowest BCUT2D eigenvalue weighted by Crippen LogP contribution is -2.39. The Morgan fingerprint density at radius 3 is 2.61 bits per heavy atom. The van der Waals surface area contributed by atoms with E-state index in [-0.39, 0.29) is 11.8 Å². The molecule has 0 saturated carbocycles. The molecule has 0 spiro atoms. The van der Waals surface area contributed by atoms with E-state index in [0.29, 0.717) is 18.7 Å². The normalized spacial score (nSPS) is 16.4. The number of pyridine rings is 1. The summed E-state index contributed by atoms with van der Waals surface area (Å²) in [5.41, 5.74) is 2.58. The number of amides is 1. The lowest BCUT2D eigenvalue weighted by Gasteiger charge is -2.32. The van der Waals surface area contributed by atoms with Crippen molar-refractivity contribution >= 4 is 11.6 Å². The Balaban J connectivity index is 1.25. The average Bonchev–Trinajstić information content (AvgIpc) is 3.28. The van der Waals surface area contributed by atoms with E-state index in [1.165, 1.54) is 0 Å². The van der Waals surface area contributed by atoms with E-state index in [1.807, 2.05) is 88.3 Å². The zero-order valence-corrected chi connectivity index (χ0v) is 17.2. The molecular formula is C25H24N4O2. The van der Waals surface area contributed by atoms with Crippen molar-refractivity contribution in [2.75, 3.05) is 13.1 Å². The van der Waals surface area contributed by atoms with Gasteiger partial charge in [0, 0.05) is 30.8 Å². The number of likely N-dealkylation sites (tertiary alicyclic amines) is 1. The van der Waals surface area contributed by atoms with Crippen molar-refractivity contribution in [2.45, 2.75) is 25.4 Å². The summed E-state index contributed by atoms with van der Waals surface area (Å²) in [7, 11) is 0. The van der Waals surface area contributed by atoms with Crippen molar-refractivity contribution in [3.63, 3.8) is 0 Å². The number of carbonyl (C=O) groups is 1. The molecule has 0 radical (unpaired) electrons. The second-order valence-corrected chi connectivity index (χ2v) is 7.88. The first kappa shape index (κ1) is 19.3. The van der Waals surface area contributed by atoms with Crippen LogP contribution in [0, 0.1) is 0 Å². The number of para-hydroxylation sites is 1. The number of carbonyl (C=O) groups excluding carboxylic acids is 1. The molecule has 1 atom stereocenters. The monoisotopic (exact) mass is 412 g/mol. The fourth-order valence-corrected chi connectivity index (χ4v) is 4.12. The molecule has 1 aliphatic rings. The number of hydrogen-bond acceptors (Lipinski definition) is 4. The maximum Gasteiger partial charge on any atom is 0.253 e. The lowest BCUT2D eigenvalue weighted by molar-refractivity contribution is 0.0704. The summed E-state index contributed by atoms with van der Waals surface area (Å²) in [5, 5.41) is 8.67. The number of ether oxygens (including phenoxy) is 1. The van der Waals surface area contributed by atoms with Crippen molar-refractivity contribution in [3.05, 3.63) is 95.9 Å². The van der Waals surface area contributed by atoms with Gasteiger partial charge in [-0.1, -0.05) is 36.4 Å². The van der Waals surface area contributed by atoms with Crippen molar-refractivity contribution in [2.24, 2.45) is 0 Å². The third-order valence-corrected chi connectivity index (χ3v) is 5.76. The molecule has 1 aliphatic heterocycles. The van der Waals surface area contributed by atoms with Gasteiger partial charge in [0.25, 0.3) is 5.91 Å². The number of fused-ring (bicyclic) bond motifs is 1. The fourth-order valence-electron chi connectivity index (χ4n) is 4.12.